The van der Waals surface area contributed by atoms with Crippen molar-refractivity contribution < 1.29 is 19.4 Å². The molecular weight excluding hydrogens is 292 g/mol. The van der Waals surface area contributed by atoms with Crippen molar-refractivity contribution in [3.8, 4) is 0 Å². The Hall–Kier alpha value is -1.32. The summed E-state index contributed by atoms with van der Waals surface area (Å²) in [5.74, 6) is -0.994. The number of rotatable bonds is 14. The fourth-order valence-electron chi connectivity index (χ4n) is 3.16. The molecule has 0 radical (unpaired) electrons. The fraction of sp³-hybridized carbons (Fsp3) is 0.789. The van der Waals surface area contributed by atoms with E-state index in [9.17, 15) is 14.7 Å². The number of carboxylic acids is 1. The second-order valence-corrected chi connectivity index (χ2v) is 6.48. The summed E-state index contributed by atoms with van der Waals surface area (Å²) >= 11 is 0. The maximum absolute atomic E-state index is 11.2. The van der Waals surface area contributed by atoms with Crippen molar-refractivity contribution in [3.63, 3.8) is 0 Å². The van der Waals surface area contributed by atoms with Crippen molar-refractivity contribution in [1.82, 2.24) is 0 Å². The monoisotopic (exact) mass is 324 g/mol. The summed E-state index contributed by atoms with van der Waals surface area (Å²) in [4.78, 5) is 22.1. The van der Waals surface area contributed by atoms with Gasteiger partial charge in [-0.15, -0.1) is 0 Å². The Morgan fingerprint density at radius 3 is 1.96 bits per heavy atom. The second-order valence-electron chi connectivity index (χ2n) is 6.48. The third kappa shape index (κ3) is 7.67. The van der Waals surface area contributed by atoms with E-state index >= 15 is 0 Å². The van der Waals surface area contributed by atoms with Gasteiger partial charge < -0.3 is 9.84 Å². The van der Waals surface area contributed by atoms with Crippen LogP contribution >= 0.6 is 0 Å². The fourth-order valence-corrected chi connectivity index (χ4v) is 3.16. The zero-order valence-electron chi connectivity index (χ0n) is 14.7. The summed E-state index contributed by atoms with van der Waals surface area (Å²) in [7, 11) is 1.43. The molecule has 0 heterocycles. The molecule has 4 heteroatoms. The Balaban J connectivity index is 2.01. The van der Waals surface area contributed by atoms with Crippen LogP contribution in [0, 0.1) is 5.92 Å². The van der Waals surface area contributed by atoms with Crippen molar-refractivity contribution in [3.05, 3.63) is 11.1 Å². The number of carbonyl (C=O) groups excluding carboxylic acids is 1. The first kappa shape index (κ1) is 19.7. The molecule has 1 rings (SSSR count). The van der Waals surface area contributed by atoms with Crippen LogP contribution < -0.4 is 0 Å². The van der Waals surface area contributed by atoms with Crippen LogP contribution in [0.5, 0.6) is 0 Å². The summed E-state index contributed by atoms with van der Waals surface area (Å²) in [6.07, 6.45) is 12.6. The Morgan fingerprint density at radius 1 is 0.913 bits per heavy atom. The van der Waals surface area contributed by atoms with Crippen molar-refractivity contribution >= 4 is 11.9 Å². The number of hydrogen-bond donors (Lipinski definition) is 1. The molecule has 0 amide bonds. The molecule has 1 unspecified atom stereocenters. The average Bonchev–Trinajstić information content (AvgIpc) is 3.24. The van der Waals surface area contributed by atoms with Crippen LogP contribution in [0.4, 0.5) is 0 Å². The minimum absolute atomic E-state index is 0.116. The summed E-state index contributed by atoms with van der Waals surface area (Å²) in [6, 6.07) is 0. The number of unbranched alkanes of at least 4 members (excludes halogenated alkanes) is 7. The lowest BCUT2D eigenvalue weighted by Crippen LogP contribution is -2.02. The van der Waals surface area contributed by atoms with Gasteiger partial charge in [0.25, 0.3) is 0 Å². The molecule has 0 spiro atoms. The van der Waals surface area contributed by atoms with Gasteiger partial charge in [-0.25, -0.2) is 0 Å². The van der Waals surface area contributed by atoms with Crippen LogP contribution in [0.25, 0.3) is 0 Å². The predicted molar refractivity (Wildman–Crippen MR) is 91.2 cm³/mol. The highest BCUT2D eigenvalue weighted by Gasteiger charge is 2.40. The Bertz CT molecular complexity index is 412. The summed E-state index contributed by atoms with van der Waals surface area (Å²) < 4.78 is 4.61. The largest absolute Gasteiger partial charge is 0.481 e. The van der Waals surface area contributed by atoms with Gasteiger partial charge in [0.2, 0.25) is 0 Å². The van der Waals surface area contributed by atoms with Crippen molar-refractivity contribution in [2.45, 2.75) is 84.0 Å². The molecule has 1 aliphatic rings. The van der Waals surface area contributed by atoms with Crippen molar-refractivity contribution in [2.75, 3.05) is 7.11 Å². The predicted octanol–water partition coefficient (Wildman–Crippen LogP) is 4.87. The van der Waals surface area contributed by atoms with E-state index in [0.717, 1.165) is 44.9 Å². The Kier molecular flexibility index (Phi) is 9.65. The molecule has 0 aromatic rings. The molecule has 23 heavy (non-hydrogen) atoms. The first-order valence-corrected chi connectivity index (χ1v) is 9.13. The zero-order chi connectivity index (χ0) is 17.1. The lowest BCUT2D eigenvalue weighted by Gasteiger charge is -2.01. The van der Waals surface area contributed by atoms with Gasteiger partial charge in [-0.2, -0.15) is 0 Å². The quantitative estimate of drug-likeness (QED) is 0.281. The van der Waals surface area contributed by atoms with Crippen LogP contribution in [-0.4, -0.2) is 24.2 Å². The highest BCUT2D eigenvalue weighted by Crippen LogP contribution is 2.45. The third-order valence-electron chi connectivity index (χ3n) is 4.63. The minimum atomic E-state index is -0.656. The van der Waals surface area contributed by atoms with Gasteiger partial charge >= 0.3 is 11.9 Å². The van der Waals surface area contributed by atoms with E-state index in [2.05, 4.69) is 11.7 Å². The van der Waals surface area contributed by atoms with Crippen LogP contribution in [0.15, 0.2) is 11.1 Å². The standard InChI is InChI=1S/C19H32O4/c1-3-4-12-15-16(18(15)19(21)22)13-10-8-6-5-7-9-11-14-17(20)23-2/h18H,3-14H2,1-2H3,(H,21,22). The molecule has 1 atom stereocenters. The molecule has 0 saturated heterocycles. The molecule has 132 valence electrons. The molecule has 0 fully saturated rings. The van der Waals surface area contributed by atoms with Gasteiger partial charge in [-0.1, -0.05) is 56.6 Å². The van der Waals surface area contributed by atoms with E-state index in [-0.39, 0.29) is 11.9 Å². The van der Waals surface area contributed by atoms with E-state index in [0.29, 0.717) is 6.42 Å². The molecule has 1 aliphatic carbocycles. The number of ether oxygens (including phenoxy) is 1. The van der Waals surface area contributed by atoms with E-state index in [1.54, 1.807) is 0 Å². The van der Waals surface area contributed by atoms with Gasteiger partial charge in [-0.3, -0.25) is 9.59 Å². The second kappa shape index (κ2) is 11.3. The maximum Gasteiger partial charge on any atom is 0.314 e. The Labute approximate surface area is 140 Å². The van der Waals surface area contributed by atoms with Gasteiger partial charge in [-0.05, 0) is 32.1 Å². The molecule has 0 aliphatic heterocycles. The lowest BCUT2D eigenvalue weighted by atomic mass is 10.1. The zero-order valence-corrected chi connectivity index (χ0v) is 14.7. The Morgan fingerprint density at radius 2 is 1.43 bits per heavy atom. The molecular formula is C19H32O4. The molecule has 0 bridgehead atoms. The van der Waals surface area contributed by atoms with Gasteiger partial charge in [0.15, 0.2) is 0 Å². The van der Waals surface area contributed by atoms with Crippen molar-refractivity contribution in [1.29, 1.82) is 0 Å². The van der Waals surface area contributed by atoms with E-state index in [1.807, 2.05) is 0 Å². The SMILES string of the molecule is CCCCC1=C(CCCCCCCCCC(=O)OC)C1C(=O)O. The number of aliphatic carboxylic acids is 1. The smallest absolute Gasteiger partial charge is 0.314 e. The van der Waals surface area contributed by atoms with E-state index < -0.39 is 5.97 Å². The topological polar surface area (TPSA) is 63.6 Å². The molecule has 0 saturated carbocycles. The lowest BCUT2D eigenvalue weighted by molar-refractivity contribution is -0.141. The average molecular weight is 324 g/mol. The number of carbonyl (C=O) groups is 2. The van der Waals surface area contributed by atoms with Crippen LogP contribution in [0.2, 0.25) is 0 Å². The number of esters is 1. The van der Waals surface area contributed by atoms with Gasteiger partial charge in [0.05, 0.1) is 13.0 Å². The van der Waals surface area contributed by atoms with Gasteiger partial charge in [0, 0.05) is 6.42 Å². The highest BCUT2D eigenvalue weighted by molar-refractivity contribution is 5.84. The van der Waals surface area contributed by atoms with Crippen LogP contribution in [0.3, 0.4) is 0 Å². The molecule has 0 aromatic heterocycles. The first-order chi connectivity index (χ1) is 11.1. The molecule has 1 N–H and O–H groups in total. The number of hydrogen-bond acceptors (Lipinski definition) is 3. The highest BCUT2D eigenvalue weighted by atomic mass is 16.5. The van der Waals surface area contributed by atoms with E-state index in [4.69, 9.17) is 0 Å². The minimum Gasteiger partial charge on any atom is -0.481 e. The maximum atomic E-state index is 11.2. The number of carboxylic acid groups (broad SMARTS) is 1. The molecule has 4 nitrogen and oxygen atoms in total. The summed E-state index contributed by atoms with van der Waals surface area (Å²) in [5, 5.41) is 9.20. The summed E-state index contributed by atoms with van der Waals surface area (Å²) in [6.45, 7) is 2.14. The normalized spacial score (nSPS) is 16.5. The van der Waals surface area contributed by atoms with Gasteiger partial charge in [0.1, 0.15) is 0 Å². The number of methoxy groups -OCH3 is 1. The third-order valence-corrected chi connectivity index (χ3v) is 4.63. The van der Waals surface area contributed by atoms with Crippen molar-refractivity contribution in [2.24, 2.45) is 5.92 Å². The summed E-state index contributed by atoms with van der Waals surface area (Å²) in [5.41, 5.74) is 2.42. The molecule has 0 aromatic carbocycles. The van der Waals surface area contributed by atoms with Crippen LogP contribution in [-0.2, 0) is 14.3 Å². The van der Waals surface area contributed by atoms with E-state index in [1.165, 1.54) is 43.9 Å². The first-order valence-electron chi connectivity index (χ1n) is 9.13. The van der Waals surface area contributed by atoms with Crippen LogP contribution in [0.1, 0.15) is 84.0 Å².